The Morgan fingerprint density at radius 2 is 1.89 bits per heavy atom. The molecule has 0 radical (unpaired) electrons. The topological polar surface area (TPSA) is 52.6 Å². The molecular weight excluding hydrogens is 473 g/mol. The number of nitrogens with one attached hydrogen (secondary N) is 2. The molecule has 0 aliphatic carbocycles. The van der Waals surface area contributed by atoms with Crippen LogP contribution in [0.4, 0.5) is 0 Å². The van der Waals surface area contributed by atoms with Crippen LogP contribution in [0.15, 0.2) is 53.7 Å². The Labute approximate surface area is 184 Å². The number of rotatable bonds is 8. The molecule has 0 fully saturated rings. The Morgan fingerprint density at radius 1 is 1.15 bits per heavy atom. The zero-order valence-electron chi connectivity index (χ0n) is 16.2. The van der Waals surface area contributed by atoms with Crippen molar-refractivity contribution in [2.24, 2.45) is 4.99 Å². The summed E-state index contributed by atoms with van der Waals surface area (Å²) in [4.78, 5) is 10.7. The monoisotopic (exact) mass is 501 g/mol. The first-order valence-corrected chi connectivity index (χ1v) is 9.25. The van der Waals surface area contributed by atoms with Gasteiger partial charge in [0.15, 0.2) is 5.96 Å². The maximum absolute atomic E-state index is 5.81. The van der Waals surface area contributed by atoms with Gasteiger partial charge in [-0.15, -0.1) is 24.0 Å². The van der Waals surface area contributed by atoms with Gasteiger partial charge in [-0.3, -0.25) is 9.89 Å². The number of likely N-dealkylation sites (N-methyl/N-ethyl adjacent to an activating group) is 1. The van der Waals surface area contributed by atoms with Crippen molar-refractivity contribution >= 4 is 41.5 Å². The van der Waals surface area contributed by atoms with Crippen LogP contribution in [-0.2, 0) is 13.0 Å². The number of aliphatic imine (C=N–C) groups is 1. The summed E-state index contributed by atoms with van der Waals surface area (Å²) in [5.41, 5.74) is 2.47. The highest BCUT2D eigenvalue weighted by atomic mass is 127. The van der Waals surface area contributed by atoms with Gasteiger partial charge in [-0.25, -0.2) is 4.98 Å². The van der Waals surface area contributed by atoms with E-state index in [2.05, 4.69) is 63.7 Å². The SMILES string of the molecule is CN=C(NCCc1ccc(Cl)nc1)NCC(C)N(C)Cc1ccccc1.I. The van der Waals surface area contributed by atoms with Gasteiger partial charge in [0.25, 0.3) is 0 Å². The lowest BCUT2D eigenvalue weighted by atomic mass is 10.2. The molecule has 1 atom stereocenters. The maximum atomic E-state index is 5.81. The van der Waals surface area contributed by atoms with E-state index in [1.807, 2.05) is 18.2 Å². The number of halogens is 2. The highest BCUT2D eigenvalue weighted by molar-refractivity contribution is 14.0. The molecule has 27 heavy (non-hydrogen) atoms. The molecule has 1 heterocycles. The molecule has 1 aromatic heterocycles. The van der Waals surface area contributed by atoms with E-state index in [1.165, 1.54) is 5.56 Å². The van der Waals surface area contributed by atoms with Crippen molar-refractivity contribution in [3.63, 3.8) is 0 Å². The smallest absolute Gasteiger partial charge is 0.191 e. The van der Waals surface area contributed by atoms with E-state index in [0.717, 1.165) is 37.6 Å². The molecule has 0 aliphatic heterocycles. The molecule has 1 unspecified atom stereocenters. The van der Waals surface area contributed by atoms with E-state index in [9.17, 15) is 0 Å². The van der Waals surface area contributed by atoms with Crippen LogP contribution in [0.2, 0.25) is 5.15 Å². The number of nitrogens with zero attached hydrogens (tertiary/aromatic N) is 3. The van der Waals surface area contributed by atoms with Gasteiger partial charge in [0.2, 0.25) is 0 Å². The fourth-order valence-electron chi connectivity index (χ4n) is 2.53. The van der Waals surface area contributed by atoms with Gasteiger partial charge in [-0.2, -0.15) is 0 Å². The summed E-state index contributed by atoms with van der Waals surface area (Å²) in [5.74, 6) is 0.812. The van der Waals surface area contributed by atoms with Crippen LogP contribution in [0.5, 0.6) is 0 Å². The van der Waals surface area contributed by atoms with E-state index in [4.69, 9.17) is 11.6 Å². The Bertz CT molecular complexity index is 679. The van der Waals surface area contributed by atoms with Crippen LogP contribution in [0.25, 0.3) is 0 Å². The average Bonchev–Trinajstić information content (AvgIpc) is 2.66. The van der Waals surface area contributed by atoms with Gasteiger partial charge in [0.05, 0.1) is 0 Å². The molecule has 2 rings (SSSR count). The molecule has 0 spiro atoms. The molecule has 2 aromatic rings. The lowest BCUT2D eigenvalue weighted by Gasteiger charge is -2.25. The first-order valence-electron chi connectivity index (χ1n) is 8.87. The predicted molar refractivity (Wildman–Crippen MR) is 125 cm³/mol. The van der Waals surface area contributed by atoms with Crippen LogP contribution in [0.3, 0.4) is 0 Å². The zero-order valence-corrected chi connectivity index (χ0v) is 19.2. The van der Waals surface area contributed by atoms with Crippen LogP contribution >= 0.6 is 35.6 Å². The number of benzene rings is 1. The molecule has 148 valence electrons. The minimum atomic E-state index is 0. The normalized spacial score (nSPS) is 12.4. The Hall–Kier alpha value is -1.38. The van der Waals surface area contributed by atoms with Crippen LogP contribution in [0, 0.1) is 0 Å². The molecule has 0 aliphatic rings. The lowest BCUT2D eigenvalue weighted by Crippen LogP contribution is -2.45. The summed E-state index contributed by atoms with van der Waals surface area (Å²) in [7, 11) is 3.93. The molecular formula is C20H29ClIN5. The van der Waals surface area contributed by atoms with E-state index >= 15 is 0 Å². The summed E-state index contributed by atoms with van der Waals surface area (Å²) in [5, 5.41) is 7.25. The van der Waals surface area contributed by atoms with Crippen molar-refractivity contribution in [1.29, 1.82) is 0 Å². The van der Waals surface area contributed by atoms with Crippen molar-refractivity contribution in [2.45, 2.75) is 25.9 Å². The highest BCUT2D eigenvalue weighted by Crippen LogP contribution is 2.06. The Balaban J connectivity index is 0.00000364. The third kappa shape index (κ3) is 8.90. The molecule has 0 bridgehead atoms. The summed E-state index contributed by atoms with van der Waals surface area (Å²) in [6, 6.07) is 14.7. The second-order valence-electron chi connectivity index (χ2n) is 6.37. The van der Waals surface area contributed by atoms with E-state index in [-0.39, 0.29) is 24.0 Å². The quantitative estimate of drug-likeness (QED) is 0.251. The van der Waals surface area contributed by atoms with Crippen molar-refractivity contribution in [3.8, 4) is 0 Å². The molecule has 0 saturated carbocycles. The molecule has 7 heteroatoms. The Morgan fingerprint density at radius 3 is 2.52 bits per heavy atom. The number of pyridine rings is 1. The maximum Gasteiger partial charge on any atom is 0.191 e. The third-order valence-corrected chi connectivity index (χ3v) is 4.53. The van der Waals surface area contributed by atoms with Crippen molar-refractivity contribution < 1.29 is 0 Å². The second-order valence-corrected chi connectivity index (χ2v) is 6.76. The number of hydrogen-bond acceptors (Lipinski definition) is 3. The molecule has 5 nitrogen and oxygen atoms in total. The summed E-state index contributed by atoms with van der Waals surface area (Å²) in [6.07, 6.45) is 2.68. The van der Waals surface area contributed by atoms with Gasteiger partial charge in [-0.1, -0.05) is 48.0 Å². The average molecular weight is 502 g/mol. The van der Waals surface area contributed by atoms with Gasteiger partial charge in [0, 0.05) is 38.9 Å². The second kappa shape index (κ2) is 12.9. The minimum absolute atomic E-state index is 0. The van der Waals surface area contributed by atoms with Crippen LogP contribution < -0.4 is 10.6 Å². The van der Waals surface area contributed by atoms with Crippen molar-refractivity contribution in [2.75, 3.05) is 27.2 Å². The first kappa shape index (κ1) is 23.7. The van der Waals surface area contributed by atoms with E-state index in [1.54, 1.807) is 13.2 Å². The third-order valence-electron chi connectivity index (χ3n) is 4.31. The molecule has 0 saturated heterocycles. The molecule has 1 aromatic carbocycles. The van der Waals surface area contributed by atoms with Gasteiger partial charge in [-0.05, 0) is 37.6 Å². The highest BCUT2D eigenvalue weighted by Gasteiger charge is 2.10. The zero-order chi connectivity index (χ0) is 18.8. The first-order chi connectivity index (χ1) is 12.6. The summed E-state index contributed by atoms with van der Waals surface area (Å²) < 4.78 is 0. The fraction of sp³-hybridized carbons (Fsp3) is 0.400. The van der Waals surface area contributed by atoms with Gasteiger partial charge in [0.1, 0.15) is 5.15 Å². The Kier molecular flexibility index (Phi) is 11.3. The molecule has 2 N–H and O–H groups in total. The standard InChI is InChI=1S/C20H28ClN5.HI/c1-16(26(3)15-18-7-5-4-6-8-18)13-25-20(22-2)23-12-11-17-9-10-19(21)24-14-17;/h4-10,14,16H,11-13,15H2,1-3H3,(H2,22,23,25);1H. The number of aromatic nitrogens is 1. The minimum Gasteiger partial charge on any atom is -0.356 e. The predicted octanol–water partition coefficient (Wildman–Crippen LogP) is 3.58. The van der Waals surface area contributed by atoms with Crippen LogP contribution in [-0.4, -0.2) is 49.1 Å². The summed E-state index contributed by atoms with van der Waals surface area (Å²) in [6.45, 7) is 4.75. The van der Waals surface area contributed by atoms with Gasteiger partial charge < -0.3 is 10.6 Å². The van der Waals surface area contributed by atoms with Crippen molar-refractivity contribution in [1.82, 2.24) is 20.5 Å². The fourth-order valence-corrected chi connectivity index (χ4v) is 2.64. The largest absolute Gasteiger partial charge is 0.356 e. The number of guanidine groups is 1. The van der Waals surface area contributed by atoms with Gasteiger partial charge >= 0.3 is 0 Å². The van der Waals surface area contributed by atoms with E-state index < -0.39 is 0 Å². The number of hydrogen-bond donors (Lipinski definition) is 2. The molecule has 0 amide bonds. The van der Waals surface area contributed by atoms with Crippen LogP contribution in [0.1, 0.15) is 18.1 Å². The van der Waals surface area contributed by atoms with Crippen molar-refractivity contribution in [3.05, 3.63) is 64.9 Å². The summed E-state index contributed by atoms with van der Waals surface area (Å²) >= 11 is 5.81. The van der Waals surface area contributed by atoms with E-state index in [0.29, 0.717) is 11.2 Å². The lowest BCUT2D eigenvalue weighted by molar-refractivity contribution is 0.249.